The lowest BCUT2D eigenvalue weighted by Crippen LogP contribution is -2.35. The maximum Gasteiger partial charge on any atom is 0.263 e. The van der Waals surface area contributed by atoms with Gasteiger partial charge in [-0.3, -0.25) is 0 Å². The fraction of sp³-hybridized carbons (Fsp3) is 0.400. The number of piperidine rings is 1. The molecule has 7 nitrogen and oxygen atoms in total. The Kier molecular flexibility index (Phi) is 3.17. The van der Waals surface area contributed by atoms with Crippen LogP contribution in [0.3, 0.4) is 0 Å². The molecule has 112 valence electrons. The zero-order valence-corrected chi connectivity index (χ0v) is 12.3. The van der Waals surface area contributed by atoms with E-state index in [4.69, 9.17) is 4.52 Å². The molecule has 3 aromatic heterocycles. The van der Waals surface area contributed by atoms with Crippen molar-refractivity contribution in [3.05, 3.63) is 36.3 Å². The minimum Gasteiger partial charge on any atom is -0.355 e. The second kappa shape index (κ2) is 5.32. The summed E-state index contributed by atoms with van der Waals surface area (Å²) in [5.74, 6) is 1.30. The predicted octanol–water partition coefficient (Wildman–Crippen LogP) is 2.10. The Bertz CT molecular complexity index is 787. The Labute approximate surface area is 127 Å². The van der Waals surface area contributed by atoms with Gasteiger partial charge in [-0.15, -0.1) is 0 Å². The first-order chi connectivity index (χ1) is 10.8. The summed E-state index contributed by atoms with van der Waals surface area (Å²) in [5, 5.41) is 4.91. The predicted molar refractivity (Wildman–Crippen MR) is 80.6 cm³/mol. The van der Waals surface area contributed by atoms with Crippen molar-refractivity contribution in [2.45, 2.75) is 25.7 Å². The summed E-state index contributed by atoms with van der Waals surface area (Å²) in [6.07, 6.45) is 7.18. The van der Waals surface area contributed by atoms with Crippen LogP contribution in [0.15, 0.2) is 29.4 Å². The zero-order valence-electron chi connectivity index (χ0n) is 12.3. The van der Waals surface area contributed by atoms with E-state index in [1.54, 1.807) is 12.5 Å². The van der Waals surface area contributed by atoms with Crippen molar-refractivity contribution in [2.24, 2.45) is 0 Å². The SMILES string of the molecule is Cc1noc2ncnc(N3CCCC(c4ccncn4)C3)c12. The third kappa shape index (κ3) is 2.18. The molecule has 0 spiro atoms. The van der Waals surface area contributed by atoms with Crippen LogP contribution >= 0.6 is 0 Å². The fourth-order valence-electron chi connectivity index (χ4n) is 3.10. The first-order valence-corrected chi connectivity index (χ1v) is 7.41. The van der Waals surface area contributed by atoms with E-state index in [-0.39, 0.29) is 0 Å². The standard InChI is InChI=1S/C15H16N6O/c1-10-13-14(18-9-19-15(13)22-20-10)21-6-2-3-11(7-21)12-4-5-16-8-17-12/h4-5,8-9,11H,2-3,6-7H2,1H3. The molecule has 0 amide bonds. The van der Waals surface area contributed by atoms with Crippen molar-refractivity contribution in [2.75, 3.05) is 18.0 Å². The minimum absolute atomic E-state index is 0.391. The number of aromatic nitrogens is 5. The highest BCUT2D eigenvalue weighted by Gasteiger charge is 2.26. The van der Waals surface area contributed by atoms with Gasteiger partial charge in [0.05, 0.1) is 5.69 Å². The lowest BCUT2D eigenvalue weighted by Gasteiger charge is -2.33. The Morgan fingerprint density at radius 1 is 1.23 bits per heavy atom. The van der Waals surface area contributed by atoms with Gasteiger partial charge in [0.15, 0.2) is 0 Å². The van der Waals surface area contributed by atoms with E-state index < -0.39 is 0 Å². The number of hydrogen-bond donors (Lipinski definition) is 0. The molecule has 1 atom stereocenters. The highest BCUT2D eigenvalue weighted by molar-refractivity contribution is 5.87. The number of rotatable bonds is 2. The van der Waals surface area contributed by atoms with Gasteiger partial charge in [-0.05, 0) is 25.8 Å². The molecular formula is C15H16N6O. The molecule has 0 saturated carbocycles. The van der Waals surface area contributed by atoms with E-state index in [1.807, 2.05) is 13.0 Å². The van der Waals surface area contributed by atoms with Crippen molar-refractivity contribution in [3.63, 3.8) is 0 Å². The van der Waals surface area contributed by atoms with Gasteiger partial charge in [-0.25, -0.2) is 15.0 Å². The van der Waals surface area contributed by atoms with Crippen LogP contribution in [0.25, 0.3) is 11.1 Å². The molecule has 7 heteroatoms. The summed E-state index contributed by atoms with van der Waals surface area (Å²) < 4.78 is 5.24. The molecule has 22 heavy (non-hydrogen) atoms. The van der Waals surface area contributed by atoms with E-state index in [9.17, 15) is 0 Å². The van der Waals surface area contributed by atoms with E-state index in [2.05, 4.69) is 30.0 Å². The first-order valence-electron chi connectivity index (χ1n) is 7.41. The minimum atomic E-state index is 0.391. The lowest BCUT2D eigenvalue weighted by atomic mass is 9.94. The molecule has 1 aliphatic rings. The quantitative estimate of drug-likeness (QED) is 0.716. The van der Waals surface area contributed by atoms with E-state index in [1.165, 1.54) is 6.33 Å². The van der Waals surface area contributed by atoms with E-state index in [0.717, 1.165) is 48.5 Å². The van der Waals surface area contributed by atoms with E-state index >= 15 is 0 Å². The maximum atomic E-state index is 5.24. The molecule has 0 radical (unpaired) electrons. The van der Waals surface area contributed by atoms with Crippen LogP contribution in [-0.4, -0.2) is 38.2 Å². The fourth-order valence-corrected chi connectivity index (χ4v) is 3.10. The van der Waals surface area contributed by atoms with Crippen molar-refractivity contribution < 1.29 is 4.52 Å². The monoisotopic (exact) mass is 296 g/mol. The number of fused-ring (bicyclic) bond motifs is 1. The molecule has 4 heterocycles. The molecule has 3 aromatic rings. The van der Waals surface area contributed by atoms with Gasteiger partial charge in [0.1, 0.15) is 23.9 Å². The van der Waals surface area contributed by atoms with Crippen molar-refractivity contribution in [1.82, 2.24) is 25.1 Å². The Balaban J connectivity index is 1.68. The molecule has 1 fully saturated rings. The second-order valence-corrected chi connectivity index (χ2v) is 5.56. The molecule has 4 rings (SSSR count). The summed E-state index contributed by atoms with van der Waals surface area (Å²) in [6, 6.07) is 1.99. The number of aryl methyl sites for hydroxylation is 1. The van der Waals surface area contributed by atoms with Crippen LogP contribution in [0.1, 0.15) is 30.1 Å². The van der Waals surface area contributed by atoms with Crippen LogP contribution in [-0.2, 0) is 0 Å². The Hall–Kier alpha value is -2.57. The smallest absolute Gasteiger partial charge is 0.263 e. The molecule has 0 N–H and O–H groups in total. The molecule has 0 aliphatic carbocycles. The highest BCUT2D eigenvalue weighted by atomic mass is 16.5. The van der Waals surface area contributed by atoms with Crippen LogP contribution in [0.4, 0.5) is 5.82 Å². The molecule has 1 aliphatic heterocycles. The van der Waals surface area contributed by atoms with Crippen LogP contribution in [0.2, 0.25) is 0 Å². The normalized spacial score (nSPS) is 18.8. The van der Waals surface area contributed by atoms with Gasteiger partial charge in [0, 0.05) is 30.9 Å². The summed E-state index contributed by atoms with van der Waals surface area (Å²) in [6.45, 7) is 3.77. The topological polar surface area (TPSA) is 80.8 Å². The van der Waals surface area contributed by atoms with Gasteiger partial charge in [-0.1, -0.05) is 5.16 Å². The molecule has 1 unspecified atom stereocenters. The maximum absolute atomic E-state index is 5.24. The number of nitrogens with zero attached hydrogens (tertiary/aromatic N) is 6. The Morgan fingerprint density at radius 2 is 2.18 bits per heavy atom. The van der Waals surface area contributed by atoms with Crippen LogP contribution in [0, 0.1) is 6.92 Å². The van der Waals surface area contributed by atoms with Crippen molar-refractivity contribution in [3.8, 4) is 0 Å². The molecule has 1 saturated heterocycles. The van der Waals surface area contributed by atoms with E-state index in [0.29, 0.717) is 11.6 Å². The lowest BCUT2D eigenvalue weighted by molar-refractivity contribution is 0.442. The average molecular weight is 296 g/mol. The number of hydrogen-bond acceptors (Lipinski definition) is 7. The highest BCUT2D eigenvalue weighted by Crippen LogP contribution is 2.32. The van der Waals surface area contributed by atoms with Gasteiger partial charge in [0.2, 0.25) is 0 Å². The summed E-state index contributed by atoms with van der Waals surface area (Å²) in [5.41, 5.74) is 2.47. The first kappa shape index (κ1) is 13.1. The summed E-state index contributed by atoms with van der Waals surface area (Å²) in [7, 11) is 0. The van der Waals surface area contributed by atoms with Gasteiger partial charge in [0.25, 0.3) is 5.71 Å². The third-order valence-corrected chi connectivity index (χ3v) is 4.17. The zero-order chi connectivity index (χ0) is 14.9. The van der Waals surface area contributed by atoms with Gasteiger partial charge < -0.3 is 9.42 Å². The van der Waals surface area contributed by atoms with Gasteiger partial charge in [-0.2, -0.15) is 4.98 Å². The van der Waals surface area contributed by atoms with Crippen LogP contribution < -0.4 is 4.90 Å². The average Bonchev–Trinajstić information content (AvgIpc) is 2.97. The summed E-state index contributed by atoms with van der Waals surface area (Å²) in [4.78, 5) is 19.3. The van der Waals surface area contributed by atoms with Gasteiger partial charge >= 0.3 is 0 Å². The summed E-state index contributed by atoms with van der Waals surface area (Å²) >= 11 is 0. The molecule has 0 aromatic carbocycles. The van der Waals surface area contributed by atoms with Crippen molar-refractivity contribution >= 4 is 16.9 Å². The number of anilines is 1. The third-order valence-electron chi connectivity index (χ3n) is 4.17. The molecular weight excluding hydrogens is 280 g/mol. The second-order valence-electron chi connectivity index (χ2n) is 5.56. The molecule has 0 bridgehead atoms. The Morgan fingerprint density at radius 3 is 3.05 bits per heavy atom. The van der Waals surface area contributed by atoms with Crippen LogP contribution in [0.5, 0.6) is 0 Å². The van der Waals surface area contributed by atoms with Crippen molar-refractivity contribution in [1.29, 1.82) is 0 Å². The largest absolute Gasteiger partial charge is 0.355 e.